The highest BCUT2D eigenvalue weighted by Gasteiger charge is 2.29. The average molecular weight is 563 g/mol. The van der Waals surface area contributed by atoms with Gasteiger partial charge in [-0.25, -0.2) is 9.78 Å². The minimum Gasteiger partial charge on any atom is -0.494 e. The zero-order chi connectivity index (χ0) is 29.5. The number of rotatable bonds is 6. The molecule has 5 rings (SSSR count). The zero-order valence-corrected chi connectivity index (χ0v) is 24.8. The average Bonchev–Trinajstić information content (AvgIpc) is 3.47. The number of imidazole rings is 1. The molecule has 0 spiro atoms. The van der Waals surface area contributed by atoms with E-state index in [2.05, 4.69) is 27.9 Å². The van der Waals surface area contributed by atoms with Crippen molar-refractivity contribution in [1.82, 2.24) is 29.3 Å². The van der Waals surface area contributed by atoms with Crippen LogP contribution < -0.4 is 14.8 Å². The molecule has 2 amide bonds. The van der Waals surface area contributed by atoms with Crippen LogP contribution in [0.4, 0.5) is 4.79 Å². The van der Waals surface area contributed by atoms with Crippen LogP contribution in [-0.4, -0.2) is 75.0 Å². The molecule has 1 fully saturated rings. The molecule has 1 aliphatic heterocycles. The maximum absolute atomic E-state index is 13.7. The van der Waals surface area contributed by atoms with E-state index in [1.54, 1.807) is 25.2 Å². The molecule has 1 saturated heterocycles. The number of methoxy groups -OCH3 is 2. The minimum atomic E-state index is -0.587. The number of hydrogen-bond acceptors (Lipinski definition) is 7. The Hall–Kier alpha value is -4.28. The molecule has 4 aromatic rings. The molecule has 1 aliphatic rings. The van der Waals surface area contributed by atoms with Gasteiger partial charge in [0.1, 0.15) is 22.5 Å². The SMILES string of the molecule is CCn1c(-c2nc3cc(C(=O)N4CCCC(NC(=O)OC(C)(C)C)C4)cc(OC)c3n2C)cc2ccc(OC)nc21. The van der Waals surface area contributed by atoms with Crippen molar-refractivity contribution in [3.05, 3.63) is 35.9 Å². The molecular formula is C30H38N6O5. The van der Waals surface area contributed by atoms with Crippen LogP contribution in [0.3, 0.4) is 0 Å². The lowest BCUT2D eigenvalue weighted by molar-refractivity contribution is 0.0452. The van der Waals surface area contributed by atoms with E-state index >= 15 is 0 Å². The van der Waals surface area contributed by atoms with E-state index in [-0.39, 0.29) is 11.9 Å². The van der Waals surface area contributed by atoms with Gasteiger partial charge in [0, 0.05) is 49.7 Å². The van der Waals surface area contributed by atoms with E-state index in [0.29, 0.717) is 42.3 Å². The molecule has 11 heteroatoms. The van der Waals surface area contributed by atoms with Crippen molar-refractivity contribution >= 4 is 34.1 Å². The van der Waals surface area contributed by atoms with Crippen LogP contribution in [-0.2, 0) is 18.3 Å². The van der Waals surface area contributed by atoms with Crippen LogP contribution in [0.1, 0.15) is 50.9 Å². The van der Waals surface area contributed by atoms with E-state index in [9.17, 15) is 9.59 Å². The quantitative estimate of drug-likeness (QED) is 0.361. The number of nitrogens with zero attached hydrogens (tertiary/aromatic N) is 5. The van der Waals surface area contributed by atoms with Crippen molar-refractivity contribution < 1.29 is 23.8 Å². The molecular weight excluding hydrogens is 524 g/mol. The first-order chi connectivity index (χ1) is 19.5. The van der Waals surface area contributed by atoms with Gasteiger partial charge in [0.15, 0.2) is 5.82 Å². The number of carbonyl (C=O) groups is 2. The fraction of sp³-hybridized carbons (Fsp3) is 0.467. The van der Waals surface area contributed by atoms with Crippen LogP contribution >= 0.6 is 0 Å². The topological polar surface area (TPSA) is 113 Å². The maximum Gasteiger partial charge on any atom is 0.407 e. The maximum atomic E-state index is 13.7. The van der Waals surface area contributed by atoms with Gasteiger partial charge in [-0.05, 0) is 64.8 Å². The van der Waals surface area contributed by atoms with Crippen molar-refractivity contribution in [2.75, 3.05) is 27.3 Å². The molecule has 1 N–H and O–H groups in total. The Morgan fingerprint density at radius 2 is 1.88 bits per heavy atom. The summed E-state index contributed by atoms with van der Waals surface area (Å²) in [6, 6.07) is 9.29. The fourth-order valence-electron chi connectivity index (χ4n) is 5.48. The highest BCUT2D eigenvalue weighted by Crippen LogP contribution is 2.34. The lowest BCUT2D eigenvalue weighted by Gasteiger charge is -2.33. The predicted octanol–water partition coefficient (Wildman–Crippen LogP) is 4.76. The first-order valence-corrected chi connectivity index (χ1v) is 13.9. The molecule has 3 aromatic heterocycles. The molecule has 4 heterocycles. The van der Waals surface area contributed by atoms with Gasteiger partial charge >= 0.3 is 6.09 Å². The first kappa shape index (κ1) is 28.3. The number of aryl methyl sites for hydroxylation is 2. The fourth-order valence-corrected chi connectivity index (χ4v) is 5.48. The van der Waals surface area contributed by atoms with Gasteiger partial charge in [0.25, 0.3) is 5.91 Å². The monoisotopic (exact) mass is 562 g/mol. The summed E-state index contributed by atoms with van der Waals surface area (Å²) >= 11 is 0. The molecule has 1 unspecified atom stereocenters. The van der Waals surface area contributed by atoms with E-state index in [1.807, 2.05) is 50.6 Å². The second-order valence-electron chi connectivity index (χ2n) is 11.3. The number of benzene rings is 1. The molecule has 218 valence electrons. The van der Waals surface area contributed by atoms with E-state index < -0.39 is 11.7 Å². The van der Waals surface area contributed by atoms with E-state index in [0.717, 1.165) is 40.9 Å². The highest BCUT2D eigenvalue weighted by atomic mass is 16.6. The number of ether oxygens (including phenoxy) is 3. The Morgan fingerprint density at radius 3 is 2.56 bits per heavy atom. The molecule has 1 aromatic carbocycles. The Kier molecular flexibility index (Phi) is 7.54. The number of carbonyl (C=O) groups excluding carboxylic acids is 2. The summed E-state index contributed by atoms with van der Waals surface area (Å²) in [5, 5.41) is 3.89. The van der Waals surface area contributed by atoms with E-state index in [1.165, 1.54) is 0 Å². The third-order valence-electron chi connectivity index (χ3n) is 7.30. The van der Waals surface area contributed by atoms with Gasteiger partial charge in [-0.1, -0.05) is 0 Å². The number of aromatic nitrogens is 4. The third kappa shape index (κ3) is 5.53. The molecule has 0 aliphatic carbocycles. The smallest absolute Gasteiger partial charge is 0.407 e. The largest absolute Gasteiger partial charge is 0.494 e. The summed E-state index contributed by atoms with van der Waals surface area (Å²) in [5.41, 5.74) is 3.07. The van der Waals surface area contributed by atoms with Crippen molar-refractivity contribution in [2.24, 2.45) is 7.05 Å². The van der Waals surface area contributed by atoms with Crippen LogP contribution in [0.25, 0.3) is 33.6 Å². The first-order valence-electron chi connectivity index (χ1n) is 13.9. The van der Waals surface area contributed by atoms with E-state index in [4.69, 9.17) is 19.2 Å². The summed E-state index contributed by atoms with van der Waals surface area (Å²) in [5.74, 6) is 1.72. The number of hydrogen-bond donors (Lipinski definition) is 1. The summed E-state index contributed by atoms with van der Waals surface area (Å²) in [6.45, 7) is 9.23. The number of fused-ring (bicyclic) bond motifs is 2. The van der Waals surface area contributed by atoms with Crippen LogP contribution in [0.5, 0.6) is 11.6 Å². The van der Waals surface area contributed by atoms with Gasteiger partial charge in [-0.2, -0.15) is 4.98 Å². The normalized spacial score (nSPS) is 15.8. The van der Waals surface area contributed by atoms with Gasteiger partial charge in [0.05, 0.1) is 25.4 Å². The van der Waals surface area contributed by atoms with Crippen LogP contribution in [0.15, 0.2) is 30.3 Å². The summed E-state index contributed by atoms with van der Waals surface area (Å²) in [7, 11) is 5.14. The molecule has 0 radical (unpaired) electrons. The number of piperidine rings is 1. The van der Waals surface area contributed by atoms with Crippen molar-refractivity contribution in [2.45, 2.75) is 58.7 Å². The van der Waals surface area contributed by atoms with Crippen LogP contribution in [0, 0.1) is 0 Å². The van der Waals surface area contributed by atoms with Crippen molar-refractivity contribution in [1.29, 1.82) is 0 Å². The van der Waals surface area contributed by atoms with Gasteiger partial charge in [-0.15, -0.1) is 0 Å². The molecule has 0 bridgehead atoms. The van der Waals surface area contributed by atoms with Crippen molar-refractivity contribution in [3.63, 3.8) is 0 Å². The number of likely N-dealkylation sites (tertiary alicyclic amines) is 1. The Morgan fingerprint density at radius 1 is 1.10 bits per heavy atom. The molecule has 41 heavy (non-hydrogen) atoms. The Bertz CT molecular complexity index is 1620. The van der Waals surface area contributed by atoms with Gasteiger partial charge < -0.3 is 33.6 Å². The third-order valence-corrected chi connectivity index (χ3v) is 7.30. The highest BCUT2D eigenvalue weighted by molar-refractivity contribution is 6.00. The predicted molar refractivity (Wildman–Crippen MR) is 157 cm³/mol. The second kappa shape index (κ2) is 10.9. The summed E-state index contributed by atoms with van der Waals surface area (Å²) in [6.07, 6.45) is 1.08. The number of pyridine rings is 1. The number of amides is 2. The lowest BCUT2D eigenvalue weighted by Crippen LogP contribution is -2.50. The van der Waals surface area contributed by atoms with Crippen molar-refractivity contribution in [3.8, 4) is 23.1 Å². The van der Waals surface area contributed by atoms with Gasteiger partial charge in [-0.3, -0.25) is 4.79 Å². The number of nitrogens with one attached hydrogen (secondary N) is 1. The standard InChI is InChI=1S/C30H38N6O5/c1-8-36-22(15-18-11-12-24(40-7)33-26(18)36)27-32-21-14-19(16-23(39-6)25(21)34(27)5)28(37)35-13-9-10-20(17-35)31-29(38)41-30(2,3)4/h11-12,14-16,20H,8-10,13,17H2,1-7H3,(H,31,38). The number of alkyl carbamates (subject to hydrolysis) is 1. The second-order valence-corrected chi connectivity index (χ2v) is 11.3. The molecule has 1 atom stereocenters. The summed E-state index contributed by atoms with van der Waals surface area (Å²) in [4.78, 5) is 37.4. The van der Waals surface area contributed by atoms with Crippen LogP contribution in [0.2, 0.25) is 0 Å². The molecule has 0 saturated carbocycles. The van der Waals surface area contributed by atoms with Gasteiger partial charge in [0.2, 0.25) is 5.88 Å². The minimum absolute atomic E-state index is 0.132. The Labute approximate surface area is 239 Å². The zero-order valence-electron chi connectivity index (χ0n) is 24.8. The Balaban J connectivity index is 1.47. The lowest BCUT2D eigenvalue weighted by atomic mass is 10.0. The molecule has 11 nitrogen and oxygen atoms in total. The summed E-state index contributed by atoms with van der Waals surface area (Å²) < 4.78 is 20.6.